The molecular formula is C17H28FIN4O. The standard InChI is InChI=1S/C17H27FN4O.HI/c1-19-17(22-8-7-14(11-22)12-23-4)20-10-13-5-6-16(21(2)3)15(18)9-13;/h5-6,9,14H,7-8,10-12H2,1-4H3,(H,19,20);1H. The molecule has 2 rings (SSSR count). The van der Waals surface area contributed by atoms with E-state index >= 15 is 0 Å². The number of likely N-dealkylation sites (tertiary alicyclic amines) is 1. The highest BCUT2D eigenvalue weighted by molar-refractivity contribution is 14.0. The Morgan fingerprint density at radius 3 is 2.79 bits per heavy atom. The summed E-state index contributed by atoms with van der Waals surface area (Å²) in [5, 5.41) is 3.32. The minimum atomic E-state index is -0.203. The molecule has 1 aliphatic heterocycles. The molecule has 0 saturated carbocycles. The van der Waals surface area contributed by atoms with E-state index in [0.29, 0.717) is 18.2 Å². The molecule has 136 valence electrons. The molecule has 1 aromatic rings. The Kier molecular flexibility index (Phi) is 8.75. The number of guanidine groups is 1. The second kappa shape index (κ2) is 10.0. The van der Waals surface area contributed by atoms with Crippen LogP contribution in [-0.2, 0) is 11.3 Å². The van der Waals surface area contributed by atoms with E-state index in [-0.39, 0.29) is 29.8 Å². The van der Waals surface area contributed by atoms with Gasteiger partial charge in [0, 0.05) is 53.8 Å². The zero-order chi connectivity index (χ0) is 16.8. The topological polar surface area (TPSA) is 40.1 Å². The van der Waals surface area contributed by atoms with Crippen molar-refractivity contribution in [2.24, 2.45) is 10.9 Å². The molecule has 5 nitrogen and oxygen atoms in total. The van der Waals surface area contributed by atoms with Crippen molar-refractivity contribution in [1.29, 1.82) is 0 Å². The smallest absolute Gasteiger partial charge is 0.193 e. The Labute approximate surface area is 161 Å². The van der Waals surface area contributed by atoms with Crippen LogP contribution in [-0.4, -0.2) is 58.8 Å². The minimum absolute atomic E-state index is 0. The number of benzene rings is 1. The predicted molar refractivity (Wildman–Crippen MR) is 108 cm³/mol. The van der Waals surface area contributed by atoms with Crippen LogP contribution in [0.3, 0.4) is 0 Å². The van der Waals surface area contributed by atoms with E-state index < -0.39 is 0 Å². The zero-order valence-electron chi connectivity index (χ0n) is 14.9. The number of nitrogens with one attached hydrogen (secondary N) is 1. The molecule has 1 heterocycles. The van der Waals surface area contributed by atoms with Gasteiger partial charge >= 0.3 is 0 Å². The maximum atomic E-state index is 14.0. The first-order valence-electron chi connectivity index (χ1n) is 7.95. The summed E-state index contributed by atoms with van der Waals surface area (Å²) in [5.41, 5.74) is 1.50. The van der Waals surface area contributed by atoms with Crippen molar-refractivity contribution in [3.8, 4) is 0 Å². The monoisotopic (exact) mass is 450 g/mol. The van der Waals surface area contributed by atoms with E-state index in [9.17, 15) is 4.39 Å². The lowest BCUT2D eigenvalue weighted by molar-refractivity contribution is 0.157. The average molecular weight is 450 g/mol. The number of halogens is 2. The fourth-order valence-electron chi connectivity index (χ4n) is 2.93. The summed E-state index contributed by atoms with van der Waals surface area (Å²) in [6.07, 6.45) is 1.11. The van der Waals surface area contributed by atoms with E-state index in [4.69, 9.17) is 4.74 Å². The van der Waals surface area contributed by atoms with Gasteiger partial charge in [-0.25, -0.2) is 4.39 Å². The van der Waals surface area contributed by atoms with E-state index in [1.807, 2.05) is 20.2 Å². The first kappa shape index (κ1) is 21.0. The number of hydrogen-bond donors (Lipinski definition) is 1. The minimum Gasteiger partial charge on any atom is -0.384 e. The number of hydrogen-bond acceptors (Lipinski definition) is 3. The number of nitrogens with zero attached hydrogens (tertiary/aromatic N) is 3. The third-order valence-corrected chi connectivity index (χ3v) is 4.14. The maximum Gasteiger partial charge on any atom is 0.193 e. The molecule has 0 aliphatic carbocycles. The first-order valence-corrected chi connectivity index (χ1v) is 7.95. The van der Waals surface area contributed by atoms with E-state index in [1.165, 1.54) is 0 Å². The van der Waals surface area contributed by atoms with Gasteiger partial charge in [0.25, 0.3) is 0 Å². The highest BCUT2D eigenvalue weighted by Crippen LogP contribution is 2.19. The summed E-state index contributed by atoms with van der Waals surface area (Å²) in [7, 11) is 7.19. The zero-order valence-corrected chi connectivity index (χ0v) is 17.2. The molecule has 1 saturated heterocycles. The molecule has 0 bridgehead atoms. The molecule has 0 spiro atoms. The Bertz CT molecular complexity index is 553. The third kappa shape index (κ3) is 5.47. The van der Waals surface area contributed by atoms with Gasteiger partial charge < -0.3 is 19.9 Å². The summed E-state index contributed by atoms with van der Waals surface area (Å²) in [4.78, 5) is 8.34. The molecule has 1 N–H and O–H groups in total. The van der Waals surface area contributed by atoms with Gasteiger partial charge in [-0.3, -0.25) is 4.99 Å². The maximum absolute atomic E-state index is 14.0. The van der Waals surface area contributed by atoms with Gasteiger partial charge in [0.1, 0.15) is 5.82 Å². The summed E-state index contributed by atoms with van der Waals surface area (Å²) in [5.74, 6) is 1.21. The van der Waals surface area contributed by atoms with Crippen molar-refractivity contribution in [3.63, 3.8) is 0 Å². The summed E-state index contributed by atoms with van der Waals surface area (Å²) < 4.78 is 19.2. The molecule has 7 heteroatoms. The van der Waals surface area contributed by atoms with Gasteiger partial charge in [-0.05, 0) is 24.1 Å². The molecule has 1 atom stereocenters. The Balaban J connectivity index is 0.00000288. The number of ether oxygens (including phenoxy) is 1. The van der Waals surface area contributed by atoms with Crippen molar-refractivity contribution in [3.05, 3.63) is 29.6 Å². The quantitative estimate of drug-likeness (QED) is 0.426. The van der Waals surface area contributed by atoms with Crippen molar-refractivity contribution < 1.29 is 9.13 Å². The second-order valence-electron chi connectivity index (χ2n) is 6.14. The largest absolute Gasteiger partial charge is 0.384 e. The summed E-state index contributed by atoms with van der Waals surface area (Å²) >= 11 is 0. The SMILES string of the molecule is CN=C(NCc1ccc(N(C)C)c(F)c1)N1CCC(COC)C1.I. The molecule has 1 aliphatic rings. The van der Waals surface area contributed by atoms with E-state index in [0.717, 1.165) is 37.6 Å². The fraction of sp³-hybridized carbons (Fsp3) is 0.588. The van der Waals surface area contributed by atoms with Gasteiger partial charge in [-0.15, -0.1) is 24.0 Å². The van der Waals surface area contributed by atoms with Gasteiger partial charge in [-0.2, -0.15) is 0 Å². The molecule has 1 unspecified atom stereocenters. The molecule has 0 aromatic heterocycles. The molecule has 1 aromatic carbocycles. The van der Waals surface area contributed by atoms with Crippen LogP contribution >= 0.6 is 24.0 Å². The van der Waals surface area contributed by atoms with Crippen LogP contribution in [0.4, 0.5) is 10.1 Å². The van der Waals surface area contributed by atoms with Crippen molar-refractivity contribution in [2.45, 2.75) is 13.0 Å². The molecule has 24 heavy (non-hydrogen) atoms. The number of rotatable bonds is 5. The van der Waals surface area contributed by atoms with E-state index in [1.54, 1.807) is 31.2 Å². The van der Waals surface area contributed by atoms with Gasteiger partial charge in [0.15, 0.2) is 5.96 Å². The predicted octanol–water partition coefficient (Wildman–Crippen LogP) is 2.55. The van der Waals surface area contributed by atoms with Gasteiger partial charge in [0.2, 0.25) is 0 Å². The Morgan fingerprint density at radius 2 is 2.21 bits per heavy atom. The average Bonchev–Trinajstić information content (AvgIpc) is 2.96. The highest BCUT2D eigenvalue weighted by atomic mass is 127. The lowest BCUT2D eigenvalue weighted by Gasteiger charge is -2.22. The van der Waals surface area contributed by atoms with Crippen LogP contribution in [0.5, 0.6) is 0 Å². The van der Waals surface area contributed by atoms with Gasteiger partial charge in [-0.1, -0.05) is 6.07 Å². The normalized spacial score (nSPS) is 17.6. The van der Waals surface area contributed by atoms with Crippen molar-refractivity contribution in [1.82, 2.24) is 10.2 Å². The van der Waals surface area contributed by atoms with Crippen molar-refractivity contribution in [2.75, 3.05) is 52.8 Å². The van der Waals surface area contributed by atoms with Gasteiger partial charge in [0.05, 0.1) is 12.3 Å². The molecule has 1 fully saturated rings. The first-order chi connectivity index (χ1) is 11.0. The number of anilines is 1. The van der Waals surface area contributed by atoms with Crippen LogP contribution < -0.4 is 10.2 Å². The van der Waals surface area contributed by atoms with Crippen LogP contribution in [0, 0.1) is 11.7 Å². The second-order valence-corrected chi connectivity index (χ2v) is 6.14. The Morgan fingerprint density at radius 1 is 1.46 bits per heavy atom. The number of aliphatic imine (C=N–C) groups is 1. The van der Waals surface area contributed by atoms with Crippen molar-refractivity contribution >= 4 is 35.6 Å². The van der Waals surface area contributed by atoms with Crippen LogP contribution in [0.25, 0.3) is 0 Å². The summed E-state index contributed by atoms with van der Waals surface area (Å²) in [6, 6.07) is 5.32. The van der Waals surface area contributed by atoms with Crippen LogP contribution in [0.2, 0.25) is 0 Å². The molecule has 0 amide bonds. The third-order valence-electron chi connectivity index (χ3n) is 4.14. The lowest BCUT2D eigenvalue weighted by Crippen LogP contribution is -2.39. The lowest BCUT2D eigenvalue weighted by atomic mass is 10.1. The van der Waals surface area contributed by atoms with E-state index in [2.05, 4.69) is 15.2 Å². The van der Waals surface area contributed by atoms with Crippen LogP contribution in [0.15, 0.2) is 23.2 Å². The highest BCUT2D eigenvalue weighted by Gasteiger charge is 2.24. The van der Waals surface area contributed by atoms with Crippen LogP contribution in [0.1, 0.15) is 12.0 Å². The Hall–Kier alpha value is -1.09. The molecular weight excluding hydrogens is 422 g/mol. The number of methoxy groups -OCH3 is 1. The summed E-state index contributed by atoms with van der Waals surface area (Å²) in [6.45, 7) is 3.26. The fourth-order valence-corrected chi connectivity index (χ4v) is 2.93. The molecule has 0 radical (unpaired) electrons.